The quantitative estimate of drug-likeness (QED) is 0.869. The summed E-state index contributed by atoms with van der Waals surface area (Å²) in [5.41, 5.74) is 1.54. The third-order valence-electron chi connectivity index (χ3n) is 4.66. The lowest BCUT2D eigenvalue weighted by atomic mass is 10.0. The lowest BCUT2D eigenvalue weighted by Crippen LogP contribution is -2.49. The fraction of sp³-hybridized carbons (Fsp3) is 0.333. The van der Waals surface area contributed by atoms with E-state index in [1.165, 1.54) is 0 Å². The van der Waals surface area contributed by atoms with Crippen LogP contribution < -0.4 is 10.1 Å². The predicted molar refractivity (Wildman–Crippen MR) is 100 cm³/mol. The summed E-state index contributed by atoms with van der Waals surface area (Å²) in [5, 5.41) is 2.92. The van der Waals surface area contributed by atoms with Crippen molar-refractivity contribution < 1.29 is 14.3 Å². The van der Waals surface area contributed by atoms with E-state index in [1.54, 1.807) is 31.4 Å². The van der Waals surface area contributed by atoms with Crippen LogP contribution in [0.4, 0.5) is 0 Å². The summed E-state index contributed by atoms with van der Waals surface area (Å²) in [5.74, 6) is 0.435. The van der Waals surface area contributed by atoms with Gasteiger partial charge in [0.05, 0.1) is 7.11 Å². The Labute approximate surface area is 154 Å². The standard InChI is InChI=1S/C21H24N2O3/c1-26-18-11-9-17(10-12-18)20(24)22-19(15-16-7-3-2-4-8-16)21(25)23-13-5-6-14-23/h2-4,7-12,19H,5-6,13-15H2,1H3,(H,22,24)/t19-/m0/s1. The van der Waals surface area contributed by atoms with E-state index < -0.39 is 6.04 Å². The van der Waals surface area contributed by atoms with Gasteiger partial charge in [-0.3, -0.25) is 9.59 Å². The van der Waals surface area contributed by atoms with Gasteiger partial charge in [0.1, 0.15) is 11.8 Å². The second-order valence-corrected chi connectivity index (χ2v) is 6.48. The Morgan fingerprint density at radius 2 is 1.69 bits per heavy atom. The molecule has 1 aliphatic heterocycles. The number of methoxy groups -OCH3 is 1. The number of amides is 2. The first-order chi connectivity index (χ1) is 12.7. The van der Waals surface area contributed by atoms with E-state index in [0.717, 1.165) is 31.5 Å². The van der Waals surface area contributed by atoms with Crippen molar-refractivity contribution in [3.63, 3.8) is 0 Å². The zero-order chi connectivity index (χ0) is 18.4. The van der Waals surface area contributed by atoms with Gasteiger partial charge in [0.15, 0.2) is 0 Å². The van der Waals surface area contributed by atoms with Gasteiger partial charge in [-0.15, -0.1) is 0 Å². The molecule has 26 heavy (non-hydrogen) atoms. The Kier molecular flexibility index (Phi) is 5.89. The van der Waals surface area contributed by atoms with E-state index in [1.807, 2.05) is 35.2 Å². The Hall–Kier alpha value is -2.82. The van der Waals surface area contributed by atoms with Crippen LogP contribution in [0, 0.1) is 0 Å². The molecule has 0 bridgehead atoms. The maximum Gasteiger partial charge on any atom is 0.251 e. The summed E-state index contributed by atoms with van der Waals surface area (Å²) >= 11 is 0. The van der Waals surface area contributed by atoms with E-state index in [9.17, 15) is 9.59 Å². The van der Waals surface area contributed by atoms with Gasteiger partial charge in [-0.05, 0) is 42.7 Å². The zero-order valence-electron chi connectivity index (χ0n) is 15.0. The smallest absolute Gasteiger partial charge is 0.251 e. The van der Waals surface area contributed by atoms with Crippen LogP contribution in [-0.2, 0) is 11.2 Å². The third kappa shape index (κ3) is 4.42. The molecule has 1 atom stereocenters. The molecule has 136 valence electrons. The largest absolute Gasteiger partial charge is 0.497 e. The van der Waals surface area contributed by atoms with E-state index in [2.05, 4.69) is 5.32 Å². The van der Waals surface area contributed by atoms with Gasteiger partial charge in [0, 0.05) is 25.1 Å². The van der Waals surface area contributed by atoms with Crippen molar-refractivity contribution in [3.8, 4) is 5.75 Å². The van der Waals surface area contributed by atoms with Crippen LogP contribution in [0.1, 0.15) is 28.8 Å². The molecule has 0 saturated carbocycles. The topological polar surface area (TPSA) is 58.6 Å². The van der Waals surface area contributed by atoms with Gasteiger partial charge in [0.25, 0.3) is 5.91 Å². The van der Waals surface area contributed by atoms with Crippen LogP contribution in [0.15, 0.2) is 54.6 Å². The van der Waals surface area contributed by atoms with Crippen molar-refractivity contribution in [3.05, 3.63) is 65.7 Å². The van der Waals surface area contributed by atoms with Gasteiger partial charge < -0.3 is 15.0 Å². The summed E-state index contributed by atoms with van der Waals surface area (Å²) < 4.78 is 5.12. The van der Waals surface area contributed by atoms with Crippen LogP contribution in [0.3, 0.4) is 0 Å². The molecule has 3 rings (SSSR count). The number of hydrogen-bond acceptors (Lipinski definition) is 3. The molecule has 5 nitrogen and oxygen atoms in total. The van der Waals surface area contributed by atoms with Crippen molar-refractivity contribution in [2.75, 3.05) is 20.2 Å². The molecule has 1 aliphatic rings. The van der Waals surface area contributed by atoms with Crippen LogP contribution in [-0.4, -0.2) is 43.0 Å². The first-order valence-corrected chi connectivity index (χ1v) is 8.95. The summed E-state index contributed by atoms with van der Waals surface area (Å²) in [6.45, 7) is 1.53. The Morgan fingerprint density at radius 3 is 2.31 bits per heavy atom. The minimum atomic E-state index is -0.565. The van der Waals surface area contributed by atoms with Gasteiger partial charge in [0.2, 0.25) is 5.91 Å². The lowest BCUT2D eigenvalue weighted by Gasteiger charge is -2.24. The number of benzene rings is 2. The molecule has 0 unspecified atom stereocenters. The number of rotatable bonds is 6. The molecule has 0 spiro atoms. The number of likely N-dealkylation sites (tertiary alicyclic amines) is 1. The number of carbonyl (C=O) groups excluding carboxylic acids is 2. The van der Waals surface area contributed by atoms with Crippen molar-refractivity contribution in [2.24, 2.45) is 0 Å². The number of nitrogens with zero attached hydrogens (tertiary/aromatic N) is 1. The van der Waals surface area contributed by atoms with Crippen molar-refractivity contribution >= 4 is 11.8 Å². The highest BCUT2D eigenvalue weighted by Crippen LogP contribution is 2.14. The minimum absolute atomic E-state index is 0.00628. The highest BCUT2D eigenvalue weighted by atomic mass is 16.5. The van der Waals surface area contributed by atoms with Gasteiger partial charge in [-0.1, -0.05) is 30.3 Å². The fourth-order valence-corrected chi connectivity index (χ4v) is 3.19. The Morgan fingerprint density at radius 1 is 1.04 bits per heavy atom. The number of ether oxygens (including phenoxy) is 1. The van der Waals surface area contributed by atoms with E-state index in [4.69, 9.17) is 4.74 Å². The highest BCUT2D eigenvalue weighted by molar-refractivity contribution is 5.97. The molecule has 1 fully saturated rings. The van der Waals surface area contributed by atoms with E-state index in [-0.39, 0.29) is 11.8 Å². The van der Waals surface area contributed by atoms with Crippen LogP contribution in [0.2, 0.25) is 0 Å². The summed E-state index contributed by atoms with van der Waals surface area (Å²) in [6.07, 6.45) is 2.53. The predicted octanol–water partition coefficient (Wildman–Crippen LogP) is 2.66. The van der Waals surface area contributed by atoms with Crippen molar-refractivity contribution in [2.45, 2.75) is 25.3 Å². The number of carbonyl (C=O) groups is 2. The molecule has 1 saturated heterocycles. The maximum atomic E-state index is 12.9. The number of hydrogen-bond donors (Lipinski definition) is 1. The van der Waals surface area contributed by atoms with Gasteiger partial charge in [-0.25, -0.2) is 0 Å². The van der Waals surface area contributed by atoms with E-state index in [0.29, 0.717) is 17.7 Å². The summed E-state index contributed by atoms with van der Waals surface area (Å²) in [7, 11) is 1.58. The Balaban J connectivity index is 1.75. The van der Waals surface area contributed by atoms with Gasteiger partial charge in [-0.2, -0.15) is 0 Å². The zero-order valence-corrected chi connectivity index (χ0v) is 15.0. The monoisotopic (exact) mass is 352 g/mol. The molecule has 1 heterocycles. The van der Waals surface area contributed by atoms with E-state index >= 15 is 0 Å². The molecular formula is C21H24N2O3. The highest BCUT2D eigenvalue weighted by Gasteiger charge is 2.28. The average molecular weight is 352 g/mol. The second-order valence-electron chi connectivity index (χ2n) is 6.48. The van der Waals surface area contributed by atoms with Crippen molar-refractivity contribution in [1.82, 2.24) is 10.2 Å². The first-order valence-electron chi connectivity index (χ1n) is 8.95. The lowest BCUT2D eigenvalue weighted by molar-refractivity contribution is -0.132. The summed E-state index contributed by atoms with van der Waals surface area (Å²) in [6, 6.07) is 16.1. The average Bonchev–Trinajstić information content (AvgIpc) is 3.22. The molecule has 2 amide bonds. The normalized spacial score (nSPS) is 14.7. The van der Waals surface area contributed by atoms with Crippen molar-refractivity contribution in [1.29, 1.82) is 0 Å². The van der Waals surface area contributed by atoms with Crippen LogP contribution >= 0.6 is 0 Å². The third-order valence-corrected chi connectivity index (χ3v) is 4.66. The fourth-order valence-electron chi connectivity index (χ4n) is 3.19. The molecule has 5 heteroatoms. The first kappa shape index (κ1) is 18.0. The maximum absolute atomic E-state index is 12.9. The molecule has 2 aromatic carbocycles. The van der Waals surface area contributed by atoms with Crippen LogP contribution in [0.5, 0.6) is 5.75 Å². The molecule has 0 aromatic heterocycles. The Bertz CT molecular complexity index is 738. The SMILES string of the molecule is COc1ccc(C(=O)N[C@@H](Cc2ccccc2)C(=O)N2CCCC2)cc1. The molecular weight excluding hydrogens is 328 g/mol. The molecule has 0 radical (unpaired) electrons. The molecule has 1 N–H and O–H groups in total. The second kappa shape index (κ2) is 8.52. The summed E-state index contributed by atoms with van der Waals surface area (Å²) in [4.78, 5) is 27.4. The van der Waals surface area contributed by atoms with Crippen LogP contribution in [0.25, 0.3) is 0 Å². The molecule has 2 aromatic rings. The number of nitrogens with one attached hydrogen (secondary N) is 1. The molecule has 0 aliphatic carbocycles. The minimum Gasteiger partial charge on any atom is -0.497 e. The van der Waals surface area contributed by atoms with Gasteiger partial charge >= 0.3 is 0 Å².